The minimum Gasteiger partial charge on any atom is -0.461 e. The smallest absolute Gasteiger partial charge is 0.411 e. The fraction of sp³-hybridized carbons (Fsp3) is 0.421. The topological polar surface area (TPSA) is 83.9 Å². The Balaban J connectivity index is 1.21. The molecule has 3 saturated heterocycles. The predicted molar refractivity (Wildman–Crippen MR) is 183 cm³/mol. The van der Waals surface area contributed by atoms with Gasteiger partial charge in [-0.05, 0) is 71.0 Å². The summed E-state index contributed by atoms with van der Waals surface area (Å²) in [6, 6.07) is 11.1. The molecule has 4 aliphatic heterocycles. The lowest BCUT2D eigenvalue weighted by molar-refractivity contribution is 0.0146. The Morgan fingerprint density at radius 1 is 1.06 bits per heavy atom. The Bertz CT molecular complexity index is 1980. The quantitative estimate of drug-likeness (QED) is 0.184. The van der Waals surface area contributed by atoms with Gasteiger partial charge in [-0.15, -0.1) is 6.42 Å². The molecule has 246 valence electrons. The number of nitrogens with zero attached hydrogens (tertiary/aromatic N) is 6. The third-order valence-corrected chi connectivity index (χ3v) is 10.2. The fourth-order valence-electron chi connectivity index (χ4n) is 8.10. The summed E-state index contributed by atoms with van der Waals surface area (Å²) in [6.45, 7) is 9.08. The molecule has 48 heavy (non-hydrogen) atoms. The lowest BCUT2D eigenvalue weighted by Crippen LogP contribution is -2.57. The summed E-state index contributed by atoms with van der Waals surface area (Å²) in [5.74, 6) is 2.72. The number of ether oxygens (including phenoxy) is 2. The van der Waals surface area contributed by atoms with Crippen LogP contribution in [0, 0.1) is 18.2 Å². The molecule has 2 unspecified atom stereocenters. The van der Waals surface area contributed by atoms with E-state index >= 15 is 4.39 Å². The summed E-state index contributed by atoms with van der Waals surface area (Å²) in [7, 11) is 0. The van der Waals surface area contributed by atoms with E-state index < -0.39 is 11.4 Å². The standard InChI is InChI=1S/C38H39FN6O3/c1-5-24-10-6-11-25-12-7-13-28(30(24)25)32-31(39)33-29(20-40-32)34(42-35(41-33)47-23-38-16-8-18-44(38)19-9-17-38)43-21-26-14-15-27(22-43)45(26)36(46)48-37(2,3)4/h1,6-7,10-15,20,26-27H,8-9,16-19,21-23H2,2-4H3. The average Bonchev–Trinajstić information content (AvgIpc) is 3.73. The van der Waals surface area contributed by atoms with E-state index in [0.717, 1.165) is 49.5 Å². The van der Waals surface area contributed by atoms with Crippen molar-refractivity contribution in [2.75, 3.05) is 37.7 Å². The van der Waals surface area contributed by atoms with Gasteiger partial charge < -0.3 is 14.4 Å². The van der Waals surface area contributed by atoms with Crippen molar-refractivity contribution < 1.29 is 18.7 Å². The predicted octanol–water partition coefficient (Wildman–Crippen LogP) is 6.34. The molecule has 6 heterocycles. The molecule has 3 fully saturated rings. The number of rotatable bonds is 5. The third-order valence-electron chi connectivity index (χ3n) is 10.2. The van der Waals surface area contributed by atoms with Gasteiger partial charge in [0.15, 0.2) is 5.82 Å². The first kappa shape index (κ1) is 30.6. The summed E-state index contributed by atoms with van der Waals surface area (Å²) in [6.07, 6.45) is 15.6. The van der Waals surface area contributed by atoms with Crippen LogP contribution < -0.4 is 9.64 Å². The molecule has 4 aromatic rings. The lowest BCUT2D eigenvalue weighted by atomic mass is 9.95. The third kappa shape index (κ3) is 5.12. The zero-order valence-electron chi connectivity index (χ0n) is 27.6. The van der Waals surface area contributed by atoms with Gasteiger partial charge in [-0.25, -0.2) is 9.18 Å². The Kier molecular flexibility index (Phi) is 7.29. The highest BCUT2D eigenvalue weighted by Gasteiger charge is 2.45. The largest absolute Gasteiger partial charge is 0.461 e. The number of hydrogen-bond donors (Lipinski definition) is 0. The van der Waals surface area contributed by atoms with E-state index in [1.165, 1.54) is 0 Å². The van der Waals surface area contributed by atoms with Crippen molar-refractivity contribution in [3.05, 3.63) is 66.1 Å². The lowest BCUT2D eigenvalue weighted by Gasteiger charge is -2.42. The molecule has 4 aliphatic rings. The van der Waals surface area contributed by atoms with E-state index in [9.17, 15) is 4.79 Å². The van der Waals surface area contributed by atoms with Gasteiger partial charge in [-0.1, -0.05) is 48.4 Å². The number of hydrogen-bond acceptors (Lipinski definition) is 8. The summed E-state index contributed by atoms with van der Waals surface area (Å²) in [4.78, 5) is 33.8. The minimum absolute atomic E-state index is 0.0307. The van der Waals surface area contributed by atoms with E-state index in [1.54, 1.807) is 11.1 Å². The van der Waals surface area contributed by atoms with E-state index in [-0.39, 0.29) is 40.9 Å². The Morgan fingerprint density at radius 3 is 2.46 bits per heavy atom. The average molecular weight is 647 g/mol. The van der Waals surface area contributed by atoms with Crippen LogP contribution in [0.3, 0.4) is 0 Å². The summed E-state index contributed by atoms with van der Waals surface area (Å²) in [5, 5.41) is 2.15. The maximum Gasteiger partial charge on any atom is 0.411 e. The van der Waals surface area contributed by atoms with E-state index in [2.05, 4.69) is 20.7 Å². The number of pyridine rings is 1. The monoisotopic (exact) mass is 646 g/mol. The summed E-state index contributed by atoms with van der Waals surface area (Å²) < 4.78 is 29.1. The number of piperazine rings is 1. The molecule has 0 saturated carbocycles. The molecule has 0 aliphatic carbocycles. The maximum atomic E-state index is 16.9. The van der Waals surface area contributed by atoms with Gasteiger partial charge in [-0.2, -0.15) is 9.97 Å². The van der Waals surface area contributed by atoms with Crippen molar-refractivity contribution in [1.82, 2.24) is 24.8 Å². The van der Waals surface area contributed by atoms with Crippen molar-refractivity contribution in [3.8, 4) is 29.6 Å². The molecular formula is C38H39FN6O3. The minimum atomic E-state index is -0.609. The number of aromatic nitrogens is 3. The number of amides is 1. The van der Waals surface area contributed by atoms with Gasteiger partial charge in [0.1, 0.15) is 29.2 Å². The van der Waals surface area contributed by atoms with Gasteiger partial charge in [0.2, 0.25) is 0 Å². The molecule has 8 rings (SSSR count). The molecule has 10 heteroatoms. The molecule has 2 aromatic carbocycles. The van der Waals surface area contributed by atoms with E-state index in [4.69, 9.17) is 25.9 Å². The van der Waals surface area contributed by atoms with Gasteiger partial charge in [-0.3, -0.25) is 14.8 Å². The van der Waals surface area contributed by atoms with Crippen molar-refractivity contribution in [2.24, 2.45) is 0 Å². The van der Waals surface area contributed by atoms with Crippen LogP contribution in [0.5, 0.6) is 6.01 Å². The van der Waals surface area contributed by atoms with Gasteiger partial charge in [0, 0.05) is 35.8 Å². The van der Waals surface area contributed by atoms with Crippen LogP contribution in [0.4, 0.5) is 15.0 Å². The fourth-order valence-corrected chi connectivity index (χ4v) is 8.10. The van der Waals surface area contributed by atoms with Crippen LogP contribution >= 0.6 is 0 Å². The maximum absolute atomic E-state index is 16.9. The van der Waals surface area contributed by atoms with Crippen LogP contribution in [0.1, 0.15) is 52.0 Å². The van der Waals surface area contributed by atoms with Crippen molar-refractivity contribution >= 4 is 33.6 Å². The van der Waals surface area contributed by atoms with Gasteiger partial charge in [0.25, 0.3) is 0 Å². The Hall–Kier alpha value is -4.75. The van der Waals surface area contributed by atoms with E-state index in [0.29, 0.717) is 42.0 Å². The molecule has 1 amide bonds. The zero-order chi connectivity index (χ0) is 33.2. The normalized spacial score (nSPS) is 21.6. The van der Waals surface area contributed by atoms with Crippen LogP contribution in [-0.2, 0) is 4.74 Å². The SMILES string of the molecule is C#Cc1cccc2cccc(-c3ncc4c(N5CC6C=CC(C5)N6C(=O)OC(C)(C)C)nc(OCC56CCCN5CCC6)nc4c3F)c12. The first-order chi connectivity index (χ1) is 23.1. The number of terminal acetylenes is 1. The summed E-state index contributed by atoms with van der Waals surface area (Å²) >= 11 is 0. The highest BCUT2D eigenvalue weighted by atomic mass is 19.1. The Labute approximate surface area is 279 Å². The molecule has 0 spiro atoms. The molecule has 9 nitrogen and oxygen atoms in total. The number of carbonyl (C=O) groups is 1. The van der Waals surface area contributed by atoms with Crippen LogP contribution in [0.25, 0.3) is 32.9 Å². The second-order valence-electron chi connectivity index (χ2n) is 14.4. The molecule has 2 atom stereocenters. The molecule has 2 bridgehead atoms. The molecule has 0 N–H and O–H groups in total. The number of fused-ring (bicyclic) bond motifs is 5. The highest BCUT2D eigenvalue weighted by molar-refractivity contribution is 6.02. The number of halogens is 1. The molecular weight excluding hydrogens is 607 g/mol. The van der Waals surface area contributed by atoms with Crippen LogP contribution in [0.2, 0.25) is 0 Å². The molecule has 2 aromatic heterocycles. The zero-order valence-corrected chi connectivity index (χ0v) is 27.6. The van der Waals surface area contributed by atoms with Crippen molar-refractivity contribution in [3.63, 3.8) is 0 Å². The number of carbonyl (C=O) groups excluding carboxylic acids is 1. The second kappa shape index (κ2) is 11.4. The van der Waals surface area contributed by atoms with Crippen LogP contribution in [-0.4, -0.2) is 86.9 Å². The van der Waals surface area contributed by atoms with E-state index in [1.807, 2.05) is 69.3 Å². The number of anilines is 1. The summed E-state index contributed by atoms with van der Waals surface area (Å²) in [5.41, 5.74) is 0.929. The van der Waals surface area contributed by atoms with Crippen LogP contribution in [0.15, 0.2) is 54.7 Å². The first-order valence-corrected chi connectivity index (χ1v) is 16.8. The van der Waals surface area contributed by atoms with Gasteiger partial charge in [0.05, 0.1) is 23.0 Å². The molecule has 0 radical (unpaired) electrons. The van der Waals surface area contributed by atoms with Gasteiger partial charge >= 0.3 is 12.1 Å². The first-order valence-electron chi connectivity index (χ1n) is 16.8. The van der Waals surface area contributed by atoms with Crippen molar-refractivity contribution in [1.29, 1.82) is 0 Å². The highest BCUT2D eigenvalue weighted by Crippen LogP contribution is 2.41. The second-order valence-corrected chi connectivity index (χ2v) is 14.4. The number of benzene rings is 2. The van der Waals surface area contributed by atoms with Crippen molar-refractivity contribution in [2.45, 2.75) is 69.7 Å². The Morgan fingerprint density at radius 2 is 1.77 bits per heavy atom.